The van der Waals surface area contributed by atoms with E-state index in [1.54, 1.807) is 7.11 Å². The van der Waals surface area contributed by atoms with Crippen LogP contribution in [0.15, 0.2) is 53.9 Å². The molecule has 0 saturated heterocycles. The fourth-order valence-corrected chi connectivity index (χ4v) is 3.22. The summed E-state index contributed by atoms with van der Waals surface area (Å²) in [5.74, 6) is 0.879. The Balaban J connectivity index is 1.81. The summed E-state index contributed by atoms with van der Waals surface area (Å²) in [6.07, 6.45) is 0.323. The molecule has 0 bridgehead atoms. The second kappa shape index (κ2) is 6.75. The van der Waals surface area contributed by atoms with Crippen LogP contribution in [0.1, 0.15) is 20.9 Å². The van der Waals surface area contributed by atoms with Crippen molar-refractivity contribution in [3.63, 3.8) is 0 Å². The normalized spacial score (nSPS) is 10.5. The number of thiazole rings is 1. The zero-order valence-corrected chi connectivity index (χ0v) is 13.9. The Labute approximate surface area is 139 Å². The van der Waals surface area contributed by atoms with Crippen molar-refractivity contribution in [1.29, 1.82) is 0 Å². The monoisotopic (exact) mass is 323 g/mol. The Morgan fingerprint density at radius 3 is 2.78 bits per heavy atom. The molecule has 3 rings (SSSR count). The van der Waals surface area contributed by atoms with Gasteiger partial charge in [0.25, 0.3) is 0 Å². The molecule has 23 heavy (non-hydrogen) atoms. The molecule has 0 radical (unpaired) electrons. The lowest BCUT2D eigenvalue weighted by atomic mass is 10.1. The number of rotatable bonds is 5. The number of carbonyl (C=O) groups excluding carboxylic acids is 1. The smallest absolute Gasteiger partial charge is 0.169 e. The van der Waals surface area contributed by atoms with Crippen LogP contribution in [0.2, 0.25) is 0 Å². The van der Waals surface area contributed by atoms with E-state index in [1.807, 2.05) is 60.8 Å². The molecule has 0 aliphatic carbocycles. The molecule has 0 saturated carbocycles. The van der Waals surface area contributed by atoms with Gasteiger partial charge in [0.2, 0.25) is 0 Å². The maximum absolute atomic E-state index is 12.4. The summed E-state index contributed by atoms with van der Waals surface area (Å²) in [6, 6.07) is 15.4. The highest BCUT2D eigenvalue weighted by Crippen LogP contribution is 2.30. The van der Waals surface area contributed by atoms with Crippen molar-refractivity contribution in [2.75, 3.05) is 7.11 Å². The van der Waals surface area contributed by atoms with Crippen molar-refractivity contribution in [3.05, 3.63) is 70.0 Å². The molecule has 116 valence electrons. The SMILES string of the molecule is COc1ccccc1-c1csc(CC(=O)c2cccc(C)c2)n1. The van der Waals surface area contributed by atoms with Gasteiger partial charge in [0.15, 0.2) is 5.78 Å². The van der Waals surface area contributed by atoms with Crippen LogP contribution < -0.4 is 4.74 Å². The first-order chi connectivity index (χ1) is 11.2. The summed E-state index contributed by atoms with van der Waals surface area (Å²) in [7, 11) is 1.65. The number of ether oxygens (including phenoxy) is 1. The number of para-hydroxylation sites is 1. The van der Waals surface area contributed by atoms with Gasteiger partial charge >= 0.3 is 0 Å². The van der Waals surface area contributed by atoms with E-state index in [-0.39, 0.29) is 5.78 Å². The van der Waals surface area contributed by atoms with Crippen molar-refractivity contribution < 1.29 is 9.53 Å². The molecule has 0 spiro atoms. The molecule has 0 aliphatic heterocycles. The highest BCUT2D eigenvalue weighted by atomic mass is 32.1. The molecule has 4 heteroatoms. The number of hydrogen-bond donors (Lipinski definition) is 0. The van der Waals surface area contributed by atoms with Crippen LogP contribution in [0, 0.1) is 6.92 Å². The predicted octanol–water partition coefficient (Wildman–Crippen LogP) is 4.55. The van der Waals surface area contributed by atoms with E-state index in [1.165, 1.54) is 11.3 Å². The van der Waals surface area contributed by atoms with Crippen LogP contribution in [0.3, 0.4) is 0 Å². The third kappa shape index (κ3) is 3.48. The predicted molar refractivity (Wildman–Crippen MR) is 93.3 cm³/mol. The van der Waals surface area contributed by atoms with E-state index in [9.17, 15) is 4.79 Å². The molecule has 1 aromatic heterocycles. The first-order valence-electron chi connectivity index (χ1n) is 7.35. The Morgan fingerprint density at radius 1 is 1.17 bits per heavy atom. The van der Waals surface area contributed by atoms with E-state index in [4.69, 9.17) is 4.74 Å². The fourth-order valence-electron chi connectivity index (χ4n) is 2.43. The lowest BCUT2D eigenvalue weighted by molar-refractivity contribution is 0.0993. The Hall–Kier alpha value is -2.46. The van der Waals surface area contributed by atoms with Gasteiger partial charge in [0.05, 0.1) is 19.2 Å². The van der Waals surface area contributed by atoms with Crippen LogP contribution in [-0.4, -0.2) is 17.9 Å². The molecule has 0 aliphatic rings. The second-order valence-electron chi connectivity index (χ2n) is 5.30. The van der Waals surface area contributed by atoms with Gasteiger partial charge in [-0.05, 0) is 25.1 Å². The van der Waals surface area contributed by atoms with Crippen LogP contribution in [0.5, 0.6) is 5.75 Å². The lowest BCUT2D eigenvalue weighted by Crippen LogP contribution is -2.03. The average Bonchev–Trinajstić information content (AvgIpc) is 3.03. The van der Waals surface area contributed by atoms with Crippen LogP contribution in [-0.2, 0) is 6.42 Å². The summed E-state index contributed by atoms with van der Waals surface area (Å²) >= 11 is 1.50. The summed E-state index contributed by atoms with van der Waals surface area (Å²) in [5, 5.41) is 2.79. The molecule has 3 aromatic rings. The number of ketones is 1. The highest BCUT2D eigenvalue weighted by molar-refractivity contribution is 7.10. The molecule has 0 atom stereocenters. The summed E-state index contributed by atoms with van der Waals surface area (Å²) in [5.41, 5.74) is 3.61. The van der Waals surface area contributed by atoms with Gasteiger partial charge in [-0.25, -0.2) is 4.98 Å². The number of aromatic nitrogens is 1. The summed E-state index contributed by atoms with van der Waals surface area (Å²) in [6.45, 7) is 1.99. The van der Waals surface area contributed by atoms with Gasteiger partial charge in [0.1, 0.15) is 10.8 Å². The number of nitrogens with zero attached hydrogens (tertiary/aromatic N) is 1. The number of benzene rings is 2. The van der Waals surface area contributed by atoms with Gasteiger partial charge in [0, 0.05) is 16.5 Å². The van der Waals surface area contributed by atoms with E-state index in [0.717, 1.165) is 33.1 Å². The molecular weight excluding hydrogens is 306 g/mol. The van der Waals surface area contributed by atoms with Gasteiger partial charge in [-0.1, -0.05) is 35.9 Å². The van der Waals surface area contributed by atoms with Crippen molar-refractivity contribution in [3.8, 4) is 17.0 Å². The summed E-state index contributed by atoms with van der Waals surface area (Å²) < 4.78 is 5.37. The van der Waals surface area contributed by atoms with E-state index in [0.29, 0.717) is 6.42 Å². The molecule has 3 nitrogen and oxygen atoms in total. The average molecular weight is 323 g/mol. The molecule has 0 amide bonds. The minimum absolute atomic E-state index is 0.0922. The number of carbonyl (C=O) groups is 1. The van der Waals surface area contributed by atoms with Gasteiger partial charge in [-0.3, -0.25) is 4.79 Å². The van der Waals surface area contributed by atoms with Crippen molar-refractivity contribution in [2.24, 2.45) is 0 Å². The molecule has 0 fully saturated rings. The maximum Gasteiger partial charge on any atom is 0.169 e. The second-order valence-corrected chi connectivity index (χ2v) is 6.24. The number of methoxy groups -OCH3 is 1. The molecule has 2 aromatic carbocycles. The standard InChI is InChI=1S/C19H17NO2S/c1-13-6-5-7-14(10-13)17(21)11-19-20-16(12-23-19)15-8-3-4-9-18(15)22-2/h3-10,12H,11H2,1-2H3. The number of Topliss-reactive ketones (excluding diaryl/α,β-unsaturated/α-hetero) is 1. The van der Waals surface area contributed by atoms with Gasteiger partial charge in [-0.15, -0.1) is 11.3 Å². The largest absolute Gasteiger partial charge is 0.496 e. The molecular formula is C19H17NO2S. The van der Waals surface area contributed by atoms with Crippen molar-refractivity contribution >= 4 is 17.1 Å². The molecule has 0 N–H and O–H groups in total. The van der Waals surface area contributed by atoms with Crippen LogP contribution >= 0.6 is 11.3 Å². The fraction of sp³-hybridized carbons (Fsp3) is 0.158. The Morgan fingerprint density at radius 2 is 2.00 bits per heavy atom. The first-order valence-corrected chi connectivity index (χ1v) is 8.23. The quantitative estimate of drug-likeness (QED) is 0.647. The van der Waals surface area contributed by atoms with E-state index in [2.05, 4.69) is 4.98 Å². The van der Waals surface area contributed by atoms with E-state index >= 15 is 0 Å². The van der Waals surface area contributed by atoms with Gasteiger partial charge < -0.3 is 4.74 Å². The summed E-state index contributed by atoms with van der Waals surface area (Å²) in [4.78, 5) is 17.0. The third-order valence-corrected chi connectivity index (χ3v) is 4.44. The lowest BCUT2D eigenvalue weighted by Gasteiger charge is -2.05. The maximum atomic E-state index is 12.4. The van der Waals surface area contributed by atoms with Crippen LogP contribution in [0.4, 0.5) is 0 Å². The number of hydrogen-bond acceptors (Lipinski definition) is 4. The molecule has 1 heterocycles. The van der Waals surface area contributed by atoms with E-state index < -0.39 is 0 Å². The zero-order chi connectivity index (χ0) is 16.2. The Bertz CT molecular complexity index is 839. The highest BCUT2D eigenvalue weighted by Gasteiger charge is 2.13. The molecule has 0 unspecified atom stereocenters. The van der Waals surface area contributed by atoms with Crippen molar-refractivity contribution in [2.45, 2.75) is 13.3 Å². The topological polar surface area (TPSA) is 39.2 Å². The van der Waals surface area contributed by atoms with Crippen molar-refractivity contribution in [1.82, 2.24) is 4.98 Å². The number of aryl methyl sites for hydroxylation is 1. The Kier molecular flexibility index (Phi) is 4.53. The third-order valence-electron chi connectivity index (χ3n) is 3.59. The first kappa shape index (κ1) is 15.4. The minimum atomic E-state index is 0.0922. The zero-order valence-electron chi connectivity index (χ0n) is 13.1. The van der Waals surface area contributed by atoms with Gasteiger partial charge in [-0.2, -0.15) is 0 Å². The van der Waals surface area contributed by atoms with Crippen LogP contribution in [0.25, 0.3) is 11.3 Å². The minimum Gasteiger partial charge on any atom is -0.496 e.